The molecule has 4 aromatic carbocycles. The number of fused-ring (bicyclic) bond motifs is 1. The summed E-state index contributed by atoms with van der Waals surface area (Å²) in [5.41, 5.74) is 3.95. The number of nitrogens with one attached hydrogen (secondary N) is 1. The Bertz CT molecular complexity index is 1400. The highest BCUT2D eigenvalue weighted by Gasteiger charge is 2.17. The lowest BCUT2D eigenvalue weighted by Gasteiger charge is -2.13. The molecule has 0 aliphatic heterocycles. The lowest BCUT2D eigenvalue weighted by Crippen LogP contribution is -2.18. The number of rotatable bonds is 8. The molecule has 0 spiro atoms. The van der Waals surface area contributed by atoms with Crippen LogP contribution in [0.1, 0.15) is 26.3 Å². The molecule has 8 nitrogen and oxygen atoms in total. The van der Waals surface area contributed by atoms with Crippen molar-refractivity contribution in [2.45, 2.75) is 0 Å². The predicted octanol–water partition coefficient (Wildman–Crippen LogP) is 4.85. The second kappa shape index (κ2) is 11.1. The van der Waals surface area contributed by atoms with Crippen molar-refractivity contribution in [1.29, 1.82) is 0 Å². The fourth-order valence-corrected chi connectivity index (χ4v) is 3.63. The van der Waals surface area contributed by atoms with Crippen LogP contribution in [0.3, 0.4) is 0 Å². The van der Waals surface area contributed by atoms with E-state index in [9.17, 15) is 9.59 Å². The molecule has 0 bridgehead atoms. The van der Waals surface area contributed by atoms with E-state index in [1.54, 1.807) is 30.3 Å². The number of hydrogen-bond acceptors (Lipinski definition) is 7. The first-order chi connectivity index (χ1) is 17.5. The van der Waals surface area contributed by atoms with Crippen LogP contribution in [0.15, 0.2) is 84.0 Å². The van der Waals surface area contributed by atoms with Crippen LogP contribution >= 0.6 is 0 Å². The van der Waals surface area contributed by atoms with Crippen molar-refractivity contribution in [3.63, 3.8) is 0 Å². The van der Waals surface area contributed by atoms with Gasteiger partial charge in [0.05, 0.1) is 33.1 Å². The van der Waals surface area contributed by atoms with Crippen molar-refractivity contribution in [3.05, 3.63) is 95.6 Å². The van der Waals surface area contributed by atoms with E-state index in [2.05, 4.69) is 10.5 Å². The third kappa shape index (κ3) is 5.28. The zero-order valence-electron chi connectivity index (χ0n) is 20.0. The summed E-state index contributed by atoms with van der Waals surface area (Å²) < 4.78 is 21.4. The van der Waals surface area contributed by atoms with E-state index in [1.165, 1.54) is 39.7 Å². The first-order valence-corrected chi connectivity index (χ1v) is 11.0. The molecule has 8 heteroatoms. The molecule has 0 saturated carbocycles. The van der Waals surface area contributed by atoms with Gasteiger partial charge in [0, 0.05) is 5.56 Å². The number of benzene rings is 4. The Morgan fingerprint density at radius 1 is 0.806 bits per heavy atom. The summed E-state index contributed by atoms with van der Waals surface area (Å²) in [4.78, 5) is 25.2. The molecule has 1 N–H and O–H groups in total. The third-order valence-corrected chi connectivity index (χ3v) is 5.41. The van der Waals surface area contributed by atoms with Crippen molar-refractivity contribution in [2.24, 2.45) is 5.10 Å². The van der Waals surface area contributed by atoms with Gasteiger partial charge in [0.15, 0.2) is 11.5 Å². The highest BCUT2D eigenvalue weighted by atomic mass is 16.5. The molecule has 0 aliphatic rings. The van der Waals surface area contributed by atoms with Gasteiger partial charge in [0.2, 0.25) is 5.75 Å². The molecule has 0 atom stereocenters. The molecule has 0 unspecified atom stereocenters. The fraction of sp³-hybridized carbons (Fsp3) is 0.107. The first kappa shape index (κ1) is 24.3. The molecule has 4 rings (SSSR count). The minimum Gasteiger partial charge on any atom is -0.493 e. The van der Waals surface area contributed by atoms with Gasteiger partial charge in [-0.1, -0.05) is 36.4 Å². The maximum atomic E-state index is 12.7. The molecule has 0 aromatic heterocycles. The number of hydrazone groups is 1. The molecule has 0 fully saturated rings. The van der Waals surface area contributed by atoms with Gasteiger partial charge in [-0.25, -0.2) is 10.2 Å². The second-order valence-electron chi connectivity index (χ2n) is 7.60. The predicted molar refractivity (Wildman–Crippen MR) is 137 cm³/mol. The van der Waals surface area contributed by atoms with Crippen LogP contribution in [0.4, 0.5) is 0 Å². The van der Waals surface area contributed by atoms with E-state index >= 15 is 0 Å². The average Bonchev–Trinajstić information content (AvgIpc) is 2.92. The van der Waals surface area contributed by atoms with E-state index in [0.717, 1.165) is 10.8 Å². The van der Waals surface area contributed by atoms with Crippen LogP contribution in [-0.4, -0.2) is 39.4 Å². The first-order valence-electron chi connectivity index (χ1n) is 11.0. The largest absolute Gasteiger partial charge is 0.493 e. The highest BCUT2D eigenvalue weighted by molar-refractivity contribution is 6.05. The van der Waals surface area contributed by atoms with Crippen LogP contribution in [0, 0.1) is 0 Å². The molecule has 1 amide bonds. The van der Waals surface area contributed by atoms with Gasteiger partial charge in [-0.05, 0) is 58.8 Å². The number of methoxy groups -OCH3 is 3. The Morgan fingerprint density at radius 2 is 1.47 bits per heavy atom. The summed E-state index contributed by atoms with van der Waals surface area (Å²) >= 11 is 0. The number of ether oxygens (including phenoxy) is 4. The van der Waals surface area contributed by atoms with E-state index in [-0.39, 0.29) is 5.56 Å². The fourth-order valence-electron chi connectivity index (χ4n) is 3.63. The highest BCUT2D eigenvalue weighted by Crippen LogP contribution is 2.38. The van der Waals surface area contributed by atoms with Crippen molar-refractivity contribution in [3.8, 4) is 23.0 Å². The Kier molecular flexibility index (Phi) is 7.45. The quantitative estimate of drug-likeness (QED) is 0.166. The van der Waals surface area contributed by atoms with Crippen molar-refractivity contribution in [1.82, 2.24) is 5.43 Å². The van der Waals surface area contributed by atoms with Crippen LogP contribution in [0.25, 0.3) is 10.8 Å². The average molecular weight is 485 g/mol. The molecule has 0 saturated heterocycles. The molecule has 4 aromatic rings. The maximum absolute atomic E-state index is 12.7. The molecule has 182 valence electrons. The summed E-state index contributed by atoms with van der Waals surface area (Å²) in [6.45, 7) is 0. The van der Waals surface area contributed by atoms with Crippen molar-refractivity contribution < 1.29 is 28.5 Å². The summed E-state index contributed by atoms with van der Waals surface area (Å²) in [5.74, 6) is 0.615. The van der Waals surface area contributed by atoms with E-state index < -0.39 is 11.9 Å². The Hall–Kier alpha value is -4.85. The van der Waals surface area contributed by atoms with Crippen LogP contribution in [-0.2, 0) is 0 Å². The standard InChI is InChI=1S/C28H24N2O6/c1-33-24-15-20(16-25(34-2)26(24)35-3)27(31)30-29-17-18-11-13-21(14-12-18)36-28(32)23-10-6-8-19-7-4-5-9-22(19)23/h4-17H,1-3H3,(H,30,31)/b29-17+. The second-order valence-corrected chi connectivity index (χ2v) is 7.60. The van der Waals surface area contributed by atoms with Gasteiger partial charge in [-0.15, -0.1) is 0 Å². The molecular formula is C28H24N2O6. The number of hydrogen-bond donors (Lipinski definition) is 1. The number of nitrogens with zero attached hydrogens (tertiary/aromatic N) is 1. The molecule has 0 aliphatic carbocycles. The van der Waals surface area contributed by atoms with Crippen molar-refractivity contribution >= 4 is 28.9 Å². The summed E-state index contributed by atoms with van der Waals surface area (Å²) in [6, 6.07) is 23.0. The molecular weight excluding hydrogens is 460 g/mol. The lowest BCUT2D eigenvalue weighted by molar-refractivity contribution is 0.0736. The van der Waals surface area contributed by atoms with E-state index in [1.807, 2.05) is 36.4 Å². The molecule has 0 radical (unpaired) electrons. The number of amides is 1. The van der Waals surface area contributed by atoms with Crippen LogP contribution in [0.5, 0.6) is 23.0 Å². The van der Waals surface area contributed by atoms with Gasteiger partial charge in [-0.3, -0.25) is 4.79 Å². The lowest BCUT2D eigenvalue weighted by atomic mass is 10.0. The van der Waals surface area contributed by atoms with E-state index in [4.69, 9.17) is 18.9 Å². The monoisotopic (exact) mass is 484 g/mol. The third-order valence-electron chi connectivity index (χ3n) is 5.41. The zero-order chi connectivity index (χ0) is 25.5. The molecule has 36 heavy (non-hydrogen) atoms. The zero-order valence-corrected chi connectivity index (χ0v) is 20.0. The van der Waals surface area contributed by atoms with Crippen molar-refractivity contribution in [2.75, 3.05) is 21.3 Å². The van der Waals surface area contributed by atoms with Gasteiger partial charge >= 0.3 is 5.97 Å². The summed E-state index contributed by atoms with van der Waals surface area (Å²) in [5, 5.41) is 5.79. The topological polar surface area (TPSA) is 95.5 Å². The van der Waals surface area contributed by atoms with Gasteiger partial charge < -0.3 is 18.9 Å². The SMILES string of the molecule is COc1cc(C(=O)N/N=C/c2ccc(OC(=O)c3cccc4ccccc34)cc2)cc(OC)c1OC. The summed E-state index contributed by atoms with van der Waals surface area (Å²) in [6.07, 6.45) is 1.48. The van der Waals surface area contributed by atoms with Gasteiger partial charge in [0.1, 0.15) is 5.75 Å². The molecule has 0 heterocycles. The number of carbonyl (C=O) groups is 2. The minimum atomic E-state index is -0.453. The van der Waals surface area contributed by atoms with Gasteiger partial charge in [-0.2, -0.15) is 5.10 Å². The normalized spacial score (nSPS) is 10.8. The number of esters is 1. The number of carbonyl (C=O) groups excluding carboxylic acids is 2. The Morgan fingerprint density at radius 3 is 2.14 bits per heavy atom. The van der Waals surface area contributed by atoms with Gasteiger partial charge in [0.25, 0.3) is 5.91 Å². The Labute approximate surface area is 208 Å². The Balaban J connectivity index is 1.40. The van der Waals surface area contributed by atoms with Crippen LogP contribution in [0.2, 0.25) is 0 Å². The smallest absolute Gasteiger partial charge is 0.344 e. The minimum absolute atomic E-state index is 0.289. The summed E-state index contributed by atoms with van der Waals surface area (Å²) in [7, 11) is 4.43. The van der Waals surface area contributed by atoms with Crippen LogP contribution < -0.4 is 24.4 Å². The van der Waals surface area contributed by atoms with E-state index in [0.29, 0.717) is 34.1 Å². The maximum Gasteiger partial charge on any atom is 0.344 e.